The van der Waals surface area contributed by atoms with Crippen molar-refractivity contribution >= 4 is 0 Å². The third kappa shape index (κ3) is 3.48. The van der Waals surface area contributed by atoms with Gasteiger partial charge in [-0.2, -0.15) is 0 Å². The second kappa shape index (κ2) is 6.38. The fourth-order valence-electron chi connectivity index (χ4n) is 3.71. The van der Waals surface area contributed by atoms with Crippen LogP contribution in [0.25, 0.3) is 0 Å². The predicted molar refractivity (Wildman–Crippen MR) is 74.6 cm³/mol. The summed E-state index contributed by atoms with van der Waals surface area (Å²) < 4.78 is 6.11. The minimum absolute atomic E-state index is 0.109. The van der Waals surface area contributed by atoms with E-state index in [1.807, 2.05) is 0 Å². The molecule has 1 saturated heterocycles. The molecule has 0 aromatic carbocycles. The normalized spacial score (nSPS) is 31.2. The maximum Gasteiger partial charge on any atom is 0.0686 e. The number of aliphatic hydroxyl groups is 1. The first-order valence-electron chi connectivity index (χ1n) is 7.97. The number of aliphatic hydroxyl groups excluding tert-OH is 1. The van der Waals surface area contributed by atoms with Gasteiger partial charge in [0.2, 0.25) is 0 Å². The highest BCUT2D eigenvalue weighted by molar-refractivity contribution is 4.91. The summed E-state index contributed by atoms with van der Waals surface area (Å²) in [5.41, 5.74) is 0.137. The standard InChI is InChI=1S/C16H30O2/c1-3-13(2)11-15(17)14-7-10-18-16(12-14)8-5-4-6-9-16/h13-15,17H,3-12H2,1-2H3. The van der Waals surface area contributed by atoms with Gasteiger partial charge in [-0.25, -0.2) is 0 Å². The van der Waals surface area contributed by atoms with Crippen molar-refractivity contribution in [3.8, 4) is 0 Å². The highest BCUT2D eigenvalue weighted by Gasteiger charge is 2.40. The summed E-state index contributed by atoms with van der Waals surface area (Å²) in [6.45, 7) is 5.32. The predicted octanol–water partition coefficient (Wildman–Crippen LogP) is 3.91. The van der Waals surface area contributed by atoms with Gasteiger partial charge in [-0.15, -0.1) is 0 Å². The summed E-state index contributed by atoms with van der Waals surface area (Å²) in [6.07, 6.45) is 10.6. The van der Waals surface area contributed by atoms with E-state index in [0.717, 1.165) is 25.9 Å². The van der Waals surface area contributed by atoms with Gasteiger partial charge in [-0.05, 0) is 43.9 Å². The van der Waals surface area contributed by atoms with Crippen molar-refractivity contribution in [1.82, 2.24) is 0 Å². The number of hydrogen-bond donors (Lipinski definition) is 1. The zero-order valence-electron chi connectivity index (χ0n) is 12.2. The second-order valence-corrected chi connectivity index (χ2v) is 6.66. The highest BCUT2D eigenvalue weighted by Crippen LogP contribution is 2.42. The number of ether oxygens (including phenoxy) is 1. The minimum atomic E-state index is -0.109. The zero-order valence-corrected chi connectivity index (χ0v) is 12.2. The molecule has 2 heteroatoms. The minimum Gasteiger partial charge on any atom is -0.393 e. The third-order valence-corrected chi connectivity index (χ3v) is 5.18. The third-order valence-electron chi connectivity index (χ3n) is 5.18. The molecule has 2 rings (SSSR count). The zero-order chi connectivity index (χ0) is 13.0. The van der Waals surface area contributed by atoms with E-state index in [1.54, 1.807) is 0 Å². The molecule has 3 unspecified atom stereocenters. The molecule has 1 aliphatic heterocycles. The van der Waals surface area contributed by atoms with Gasteiger partial charge in [0, 0.05) is 6.61 Å². The molecule has 0 aromatic rings. The van der Waals surface area contributed by atoms with Crippen LogP contribution in [0.5, 0.6) is 0 Å². The molecule has 18 heavy (non-hydrogen) atoms. The average Bonchev–Trinajstić information content (AvgIpc) is 2.39. The molecule has 1 aliphatic carbocycles. The lowest BCUT2D eigenvalue weighted by atomic mass is 9.73. The van der Waals surface area contributed by atoms with Crippen molar-refractivity contribution in [3.63, 3.8) is 0 Å². The molecular weight excluding hydrogens is 224 g/mol. The summed E-state index contributed by atoms with van der Waals surface area (Å²) in [5, 5.41) is 10.4. The Kier molecular flexibility index (Phi) is 5.08. The van der Waals surface area contributed by atoms with E-state index in [2.05, 4.69) is 13.8 Å². The van der Waals surface area contributed by atoms with Gasteiger partial charge >= 0.3 is 0 Å². The van der Waals surface area contributed by atoms with Gasteiger partial charge in [0.25, 0.3) is 0 Å². The van der Waals surface area contributed by atoms with Crippen molar-refractivity contribution < 1.29 is 9.84 Å². The van der Waals surface area contributed by atoms with E-state index in [-0.39, 0.29) is 11.7 Å². The smallest absolute Gasteiger partial charge is 0.0686 e. The molecule has 0 bridgehead atoms. The summed E-state index contributed by atoms with van der Waals surface area (Å²) in [7, 11) is 0. The molecule has 2 nitrogen and oxygen atoms in total. The Morgan fingerprint density at radius 2 is 2.00 bits per heavy atom. The van der Waals surface area contributed by atoms with Crippen LogP contribution >= 0.6 is 0 Å². The van der Waals surface area contributed by atoms with Gasteiger partial charge in [0.05, 0.1) is 11.7 Å². The van der Waals surface area contributed by atoms with Crippen LogP contribution in [0.2, 0.25) is 0 Å². The highest BCUT2D eigenvalue weighted by atomic mass is 16.5. The van der Waals surface area contributed by atoms with Crippen LogP contribution in [0, 0.1) is 11.8 Å². The molecule has 3 atom stereocenters. The molecule has 106 valence electrons. The van der Waals surface area contributed by atoms with Gasteiger partial charge in [0.15, 0.2) is 0 Å². The molecular formula is C16H30O2. The van der Waals surface area contributed by atoms with Crippen LogP contribution in [0.15, 0.2) is 0 Å². The molecule has 1 heterocycles. The van der Waals surface area contributed by atoms with Crippen LogP contribution in [-0.2, 0) is 4.74 Å². The lowest BCUT2D eigenvalue weighted by Crippen LogP contribution is -2.44. The van der Waals surface area contributed by atoms with Crippen molar-refractivity contribution in [2.24, 2.45) is 11.8 Å². The van der Waals surface area contributed by atoms with Gasteiger partial charge in [-0.3, -0.25) is 0 Å². The van der Waals surface area contributed by atoms with E-state index in [4.69, 9.17) is 4.74 Å². The Balaban J connectivity index is 1.89. The molecule has 2 aliphatic rings. The second-order valence-electron chi connectivity index (χ2n) is 6.66. The Morgan fingerprint density at radius 3 is 2.67 bits per heavy atom. The van der Waals surface area contributed by atoms with Crippen LogP contribution in [-0.4, -0.2) is 23.4 Å². The number of rotatable bonds is 4. The maximum absolute atomic E-state index is 10.4. The van der Waals surface area contributed by atoms with Crippen LogP contribution in [0.3, 0.4) is 0 Å². The van der Waals surface area contributed by atoms with E-state index in [9.17, 15) is 5.11 Å². The summed E-state index contributed by atoms with van der Waals surface area (Å²) in [5.74, 6) is 1.12. The van der Waals surface area contributed by atoms with Crippen LogP contribution in [0.4, 0.5) is 0 Å². The largest absolute Gasteiger partial charge is 0.393 e. The van der Waals surface area contributed by atoms with E-state index in [0.29, 0.717) is 11.8 Å². The van der Waals surface area contributed by atoms with E-state index in [1.165, 1.54) is 38.5 Å². The molecule has 0 amide bonds. The first-order valence-corrected chi connectivity index (χ1v) is 7.97. The Hall–Kier alpha value is -0.0800. The fourth-order valence-corrected chi connectivity index (χ4v) is 3.71. The first kappa shape index (κ1) is 14.3. The average molecular weight is 254 g/mol. The molecule has 0 aromatic heterocycles. The summed E-state index contributed by atoms with van der Waals surface area (Å²) in [6, 6.07) is 0. The Labute approximate surface area is 112 Å². The topological polar surface area (TPSA) is 29.5 Å². The van der Waals surface area contributed by atoms with Crippen molar-refractivity contribution in [2.45, 2.75) is 83.3 Å². The van der Waals surface area contributed by atoms with Gasteiger partial charge in [0.1, 0.15) is 0 Å². The molecule has 2 fully saturated rings. The molecule has 1 saturated carbocycles. The number of hydrogen-bond acceptors (Lipinski definition) is 2. The molecule has 1 N–H and O–H groups in total. The maximum atomic E-state index is 10.4. The first-order chi connectivity index (χ1) is 8.65. The van der Waals surface area contributed by atoms with E-state index >= 15 is 0 Å². The lowest BCUT2D eigenvalue weighted by molar-refractivity contribution is -0.135. The fraction of sp³-hybridized carbons (Fsp3) is 1.00. The SMILES string of the molecule is CCC(C)CC(O)C1CCOC2(CCCCC2)C1. The summed E-state index contributed by atoms with van der Waals surface area (Å²) in [4.78, 5) is 0. The van der Waals surface area contributed by atoms with Crippen LogP contribution < -0.4 is 0 Å². The lowest BCUT2D eigenvalue weighted by Gasteiger charge is -2.45. The van der Waals surface area contributed by atoms with Crippen molar-refractivity contribution in [2.75, 3.05) is 6.61 Å². The molecule has 0 radical (unpaired) electrons. The van der Waals surface area contributed by atoms with Crippen molar-refractivity contribution in [3.05, 3.63) is 0 Å². The summed E-state index contributed by atoms with van der Waals surface area (Å²) >= 11 is 0. The van der Waals surface area contributed by atoms with Gasteiger partial charge < -0.3 is 9.84 Å². The quantitative estimate of drug-likeness (QED) is 0.824. The Morgan fingerprint density at radius 1 is 1.28 bits per heavy atom. The monoisotopic (exact) mass is 254 g/mol. The van der Waals surface area contributed by atoms with Gasteiger partial charge in [-0.1, -0.05) is 39.5 Å². The molecule has 1 spiro atoms. The van der Waals surface area contributed by atoms with E-state index < -0.39 is 0 Å². The Bertz CT molecular complexity index is 240. The van der Waals surface area contributed by atoms with Crippen molar-refractivity contribution in [1.29, 1.82) is 0 Å². The van der Waals surface area contributed by atoms with Crippen LogP contribution in [0.1, 0.15) is 71.6 Å².